The molecule has 1 saturated heterocycles. The van der Waals surface area contributed by atoms with Crippen molar-refractivity contribution < 1.29 is 0 Å². The van der Waals surface area contributed by atoms with Gasteiger partial charge in [-0.1, -0.05) is 19.1 Å². The SMILES string of the molecule is CCCN1CCN(c2ccc(C(N)=S)c(C)c2)CC1. The largest absolute Gasteiger partial charge is 0.389 e. The molecule has 1 aliphatic rings. The minimum atomic E-state index is 0.483. The van der Waals surface area contributed by atoms with Gasteiger partial charge in [0.05, 0.1) is 0 Å². The van der Waals surface area contributed by atoms with Gasteiger partial charge in [-0.05, 0) is 43.7 Å². The van der Waals surface area contributed by atoms with Crippen molar-refractivity contribution in [1.82, 2.24) is 4.90 Å². The van der Waals surface area contributed by atoms with Crippen LogP contribution in [0.25, 0.3) is 0 Å². The molecule has 19 heavy (non-hydrogen) atoms. The zero-order valence-corrected chi connectivity index (χ0v) is 12.7. The molecule has 0 atom stereocenters. The first-order valence-electron chi connectivity index (χ1n) is 6.99. The third-order valence-corrected chi connectivity index (χ3v) is 3.97. The van der Waals surface area contributed by atoms with Crippen LogP contribution in [0.5, 0.6) is 0 Å². The van der Waals surface area contributed by atoms with Crippen LogP contribution >= 0.6 is 12.2 Å². The summed E-state index contributed by atoms with van der Waals surface area (Å²) >= 11 is 5.05. The van der Waals surface area contributed by atoms with Gasteiger partial charge in [0.1, 0.15) is 4.99 Å². The Bertz CT molecular complexity index is 451. The van der Waals surface area contributed by atoms with E-state index in [1.165, 1.54) is 24.2 Å². The number of benzene rings is 1. The van der Waals surface area contributed by atoms with Gasteiger partial charge in [-0.15, -0.1) is 0 Å². The summed E-state index contributed by atoms with van der Waals surface area (Å²) in [6, 6.07) is 6.38. The van der Waals surface area contributed by atoms with Crippen molar-refractivity contribution >= 4 is 22.9 Å². The number of piperazine rings is 1. The van der Waals surface area contributed by atoms with Crippen molar-refractivity contribution in [2.75, 3.05) is 37.6 Å². The maximum Gasteiger partial charge on any atom is 0.104 e. The molecule has 0 saturated carbocycles. The number of hydrogen-bond acceptors (Lipinski definition) is 3. The standard InChI is InChI=1S/C15H23N3S/c1-3-6-17-7-9-18(10-8-17)13-4-5-14(15(16)19)12(2)11-13/h4-5,11H,3,6-10H2,1-2H3,(H2,16,19). The summed E-state index contributed by atoms with van der Waals surface area (Å²) in [4.78, 5) is 5.46. The zero-order chi connectivity index (χ0) is 13.8. The minimum Gasteiger partial charge on any atom is -0.389 e. The monoisotopic (exact) mass is 277 g/mol. The summed E-state index contributed by atoms with van der Waals surface area (Å²) in [7, 11) is 0. The average molecular weight is 277 g/mol. The molecule has 1 fully saturated rings. The van der Waals surface area contributed by atoms with Crippen molar-refractivity contribution in [2.24, 2.45) is 5.73 Å². The molecule has 1 heterocycles. The third-order valence-electron chi connectivity index (χ3n) is 3.75. The molecule has 0 radical (unpaired) electrons. The van der Waals surface area contributed by atoms with E-state index in [9.17, 15) is 0 Å². The molecule has 1 aliphatic heterocycles. The Balaban J connectivity index is 2.04. The van der Waals surface area contributed by atoms with E-state index >= 15 is 0 Å². The van der Waals surface area contributed by atoms with Crippen LogP contribution in [0.15, 0.2) is 18.2 Å². The van der Waals surface area contributed by atoms with Crippen molar-refractivity contribution in [2.45, 2.75) is 20.3 Å². The molecule has 1 aromatic carbocycles. The van der Waals surface area contributed by atoms with E-state index in [1.54, 1.807) is 0 Å². The van der Waals surface area contributed by atoms with Crippen LogP contribution in [0.4, 0.5) is 5.69 Å². The van der Waals surface area contributed by atoms with Crippen molar-refractivity contribution in [1.29, 1.82) is 0 Å². The van der Waals surface area contributed by atoms with E-state index in [2.05, 4.69) is 35.8 Å². The maximum absolute atomic E-state index is 5.71. The Hall–Kier alpha value is -1.13. The van der Waals surface area contributed by atoms with Crippen LogP contribution < -0.4 is 10.6 Å². The molecule has 0 spiro atoms. The molecule has 1 aromatic rings. The summed E-state index contributed by atoms with van der Waals surface area (Å²) in [5, 5.41) is 0. The molecule has 2 rings (SSSR count). The average Bonchev–Trinajstić information content (AvgIpc) is 2.39. The topological polar surface area (TPSA) is 32.5 Å². The molecular weight excluding hydrogens is 254 g/mol. The van der Waals surface area contributed by atoms with E-state index in [-0.39, 0.29) is 0 Å². The fourth-order valence-electron chi connectivity index (χ4n) is 2.67. The van der Waals surface area contributed by atoms with Crippen molar-refractivity contribution in [3.8, 4) is 0 Å². The van der Waals surface area contributed by atoms with Gasteiger partial charge in [0.25, 0.3) is 0 Å². The quantitative estimate of drug-likeness (QED) is 0.855. The molecule has 0 aromatic heterocycles. The number of nitrogens with zero attached hydrogens (tertiary/aromatic N) is 2. The highest BCUT2D eigenvalue weighted by atomic mass is 32.1. The smallest absolute Gasteiger partial charge is 0.104 e. The van der Waals surface area contributed by atoms with Crippen molar-refractivity contribution in [3.05, 3.63) is 29.3 Å². The van der Waals surface area contributed by atoms with Gasteiger partial charge in [0.15, 0.2) is 0 Å². The molecule has 2 N–H and O–H groups in total. The lowest BCUT2D eigenvalue weighted by atomic mass is 10.1. The molecule has 0 unspecified atom stereocenters. The lowest BCUT2D eigenvalue weighted by Crippen LogP contribution is -2.46. The van der Waals surface area contributed by atoms with Gasteiger partial charge in [0.2, 0.25) is 0 Å². The van der Waals surface area contributed by atoms with Crippen LogP contribution in [-0.2, 0) is 0 Å². The Labute approximate surface area is 121 Å². The fourth-order valence-corrected chi connectivity index (χ4v) is 2.90. The highest BCUT2D eigenvalue weighted by Gasteiger charge is 2.16. The first-order valence-corrected chi connectivity index (χ1v) is 7.40. The first-order chi connectivity index (χ1) is 9.11. The Kier molecular flexibility index (Phi) is 4.77. The zero-order valence-electron chi connectivity index (χ0n) is 11.9. The molecular formula is C15H23N3S. The summed E-state index contributed by atoms with van der Waals surface area (Å²) in [5.41, 5.74) is 9.15. The van der Waals surface area contributed by atoms with E-state index in [4.69, 9.17) is 18.0 Å². The van der Waals surface area contributed by atoms with Crippen LogP contribution in [0, 0.1) is 6.92 Å². The summed E-state index contributed by atoms with van der Waals surface area (Å²) in [6.45, 7) is 10.0. The molecule has 0 amide bonds. The van der Waals surface area contributed by atoms with Gasteiger partial charge in [0, 0.05) is 37.4 Å². The van der Waals surface area contributed by atoms with Gasteiger partial charge in [-0.2, -0.15) is 0 Å². The van der Waals surface area contributed by atoms with Crippen LogP contribution in [0.1, 0.15) is 24.5 Å². The van der Waals surface area contributed by atoms with E-state index in [1.807, 2.05) is 6.07 Å². The molecule has 4 heteroatoms. The number of nitrogens with two attached hydrogens (primary N) is 1. The third kappa shape index (κ3) is 3.45. The number of thiocarbonyl (C=S) groups is 1. The van der Waals surface area contributed by atoms with Gasteiger partial charge in [-0.25, -0.2) is 0 Å². The number of aryl methyl sites for hydroxylation is 1. The van der Waals surface area contributed by atoms with Crippen molar-refractivity contribution in [3.63, 3.8) is 0 Å². The lowest BCUT2D eigenvalue weighted by Gasteiger charge is -2.36. The second kappa shape index (κ2) is 6.35. The highest BCUT2D eigenvalue weighted by Crippen LogP contribution is 2.20. The van der Waals surface area contributed by atoms with Gasteiger partial charge in [-0.3, -0.25) is 4.90 Å². The predicted molar refractivity (Wildman–Crippen MR) is 86.0 cm³/mol. The molecule has 0 aliphatic carbocycles. The Morgan fingerprint density at radius 1 is 1.26 bits per heavy atom. The molecule has 3 nitrogen and oxygen atoms in total. The normalized spacial score (nSPS) is 16.6. The molecule has 0 bridgehead atoms. The van der Waals surface area contributed by atoms with Crippen LogP contribution in [-0.4, -0.2) is 42.6 Å². The summed E-state index contributed by atoms with van der Waals surface area (Å²) < 4.78 is 0. The van der Waals surface area contributed by atoms with Gasteiger partial charge < -0.3 is 10.6 Å². The summed E-state index contributed by atoms with van der Waals surface area (Å²) in [6.07, 6.45) is 1.24. The second-order valence-electron chi connectivity index (χ2n) is 5.19. The van der Waals surface area contributed by atoms with Crippen LogP contribution in [0.2, 0.25) is 0 Å². The predicted octanol–water partition coefficient (Wildman–Crippen LogP) is 2.16. The maximum atomic E-state index is 5.71. The number of anilines is 1. The fraction of sp³-hybridized carbons (Fsp3) is 0.533. The number of rotatable bonds is 4. The van der Waals surface area contributed by atoms with Gasteiger partial charge >= 0.3 is 0 Å². The van der Waals surface area contributed by atoms with E-state index < -0.39 is 0 Å². The first kappa shape index (κ1) is 14.3. The van der Waals surface area contributed by atoms with Crippen LogP contribution in [0.3, 0.4) is 0 Å². The summed E-state index contributed by atoms with van der Waals surface area (Å²) in [5.74, 6) is 0. The highest BCUT2D eigenvalue weighted by molar-refractivity contribution is 7.80. The molecule has 104 valence electrons. The second-order valence-corrected chi connectivity index (χ2v) is 5.63. The Morgan fingerprint density at radius 3 is 2.47 bits per heavy atom. The minimum absolute atomic E-state index is 0.483. The van der Waals surface area contributed by atoms with E-state index in [0.29, 0.717) is 4.99 Å². The Morgan fingerprint density at radius 2 is 1.95 bits per heavy atom. The number of hydrogen-bond donors (Lipinski definition) is 1. The van der Waals surface area contributed by atoms with E-state index in [0.717, 1.165) is 31.7 Å². The lowest BCUT2D eigenvalue weighted by molar-refractivity contribution is 0.258.